The summed E-state index contributed by atoms with van der Waals surface area (Å²) in [7, 11) is -1.34. The molecule has 0 saturated heterocycles. The molecule has 0 radical (unpaired) electrons. The summed E-state index contributed by atoms with van der Waals surface area (Å²) < 4.78 is 23.1. The van der Waals surface area contributed by atoms with E-state index in [4.69, 9.17) is 9.05 Å². The predicted molar refractivity (Wildman–Crippen MR) is 84.4 cm³/mol. The average molecular weight is 315 g/mol. The van der Waals surface area contributed by atoms with E-state index in [2.05, 4.69) is 0 Å². The van der Waals surface area contributed by atoms with Crippen molar-refractivity contribution in [2.75, 3.05) is 26.5 Å². The van der Waals surface area contributed by atoms with Crippen molar-refractivity contribution in [3.8, 4) is 0 Å². The normalized spacial score (nSPS) is 15.1. The van der Waals surface area contributed by atoms with Crippen molar-refractivity contribution >= 4 is 7.60 Å². The zero-order valence-electron chi connectivity index (χ0n) is 13.2. The molecule has 1 rings (SSSR count). The van der Waals surface area contributed by atoms with Crippen LogP contribution < -0.4 is 0 Å². The van der Waals surface area contributed by atoms with Crippen LogP contribution in [0.5, 0.6) is 0 Å². The minimum absolute atomic E-state index is 0.153. The maximum atomic E-state index is 12.5. The minimum Gasteiger partial charge on any atom is -0.387 e. The Balaban J connectivity index is 2.73. The zero-order valence-corrected chi connectivity index (χ0v) is 14.1. The van der Waals surface area contributed by atoms with Crippen molar-refractivity contribution in [2.24, 2.45) is 0 Å². The third-order valence-electron chi connectivity index (χ3n) is 3.34. The van der Waals surface area contributed by atoms with E-state index >= 15 is 0 Å². The SMILES string of the molecule is CCOP(=O)(CN(C)[C@@H](C)[C@H](O)c1ccccc1)OCC. The van der Waals surface area contributed by atoms with Crippen molar-refractivity contribution in [3.63, 3.8) is 0 Å². The molecule has 0 saturated carbocycles. The number of hydrogen-bond acceptors (Lipinski definition) is 5. The van der Waals surface area contributed by atoms with Crippen LogP contribution in [0.1, 0.15) is 32.4 Å². The maximum Gasteiger partial charge on any atom is 0.344 e. The van der Waals surface area contributed by atoms with Gasteiger partial charge in [-0.05, 0) is 33.4 Å². The number of likely N-dealkylation sites (N-methyl/N-ethyl adjacent to an activating group) is 1. The van der Waals surface area contributed by atoms with Gasteiger partial charge in [0, 0.05) is 6.04 Å². The predicted octanol–water partition coefficient (Wildman–Crippen LogP) is 3.26. The summed E-state index contributed by atoms with van der Waals surface area (Å²) in [6, 6.07) is 9.22. The summed E-state index contributed by atoms with van der Waals surface area (Å²) in [5.41, 5.74) is 0.833. The topological polar surface area (TPSA) is 59.0 Å². The van der Waals surface area contributed by atoms with Crippen LogP contribution in [-0.4, -0.2) is 42.6 Å². The van der Waals surface area contributed by atoms with E-state index in [1.54, 1.807) is 13.8 Å². The second kappa shape index (κ2) is 8.66. The Morgan fingerprint density at radius 2 is 1.71 bits per heavy atom. The summed E-state index contributed by atoms with van der Waals surface area (Å²) in [5.74, 6) is 0. The molecule has 0 aromatic heterocycles. The van der Waals surface area contributed by atoms with Crippen molar-refractivity contribution in [1.82, 2.24) is 4.90 Å². The smallest absolute Gasteiger partial charge is 0.344 e. The van der Waals surface area contributed by atoms with Gasteiger partial charge in [-0.2, -0.15) is 0 Å². The van der Waals surface area contributed by atoms with Gasteiger partial charge < -0.3 is 14.2 Å². The first-order valence-corrected chi connectivity index (χ1v) is 8.97. The number of nitrogens with zero attached hydrogens (tertiary/aromatic N) is 1. The molecule has 0 amide bonds. The maximum absolute atomic E-state index is 12.5. The van der Waals surface area contributed by atoms with Crippen molar-refractivity contribution in [1.29, 1.82) is 0 Å². The average Bonchev–Trinajstić information content (AvgIpc) is 2.46. The van der Waals surface area contributed by atoms with Crippen LogP contribution in [0.3, 0.4) is 0 Å². The molecule has 120 valence electrons. The van der Waals surface area contributed by atoms with Crippen LogP contribution in [0.2, 0.25) is 0 Å². The van der Waals surface area contributed by atoms with Crippen molar-refractivity contribution in [2.45, 2.75) is 32.9 Å². The van der Waals surface area contributed by atoms with Gasteiger partial charge in [0.05, 0.1) is 19.3 Å². The lowest BCUT2D eigenvalue weighted by atomic mass is 10.0. The fraction of sp³-hybridized carbons (Fsp3) is 0.600. The van der Waals surface area contributed by atoms with Gasteiger partial charge in [0.2, 0.25) is 0 Å². The van der Waals surface area contributed by atoms with Gasteiger partial charge in [-0.3, -0.25) is 9.46 Å². The molecule has 0 aliphatic rings. The Morgan fingerprint density at radius 3 is 2.19 bits per heavy atom. The van der Waals surface area contributed by atoms with Crippen LogP contribution in [0, 0.1) is 0 Å². The van der Waals surface area contributed by atoms with Gasteiger partial charge in [-0.1, -0.05) is 30.3 Å². The van der Waals surface area contributed by atoms with E-state index in [0.717, 1.165) is 5.56 Å². The van der Waals surface area contributed by atoms with E-state index in [0.29, 0.717) is 13.2 Å². The molecule has 5 nitrogen and oxygen atoms in total. The summed E-state index contributed by atoms with van der Waals surface area (Å²) in [6.07, 6.45) is -0.507. The molecule has 0 aliphatic heterocycles. The van der Waals surface area contributed by atoms with Gasteiger partial charge in [-0.15, -0.1) is 0 Å². The Morgan fingerprint density at radius 1 is 1.19 bits per heavy atom. The Hall–Kier alpha value is -0.710. The molecule has 0 bridgehead atoms. The lowest BCUT2D eigenvalue weighted by Crippen LogP contribution is -2.35. The van der Waals surface area contributed by atoms with Crippen LogP contribution >= 0.6 is 7.60 Å². The molecule has 1 aromatic rings. The lowest BCUT2D eigenvalue weighted by molar-refractivity contribution is 0.0761. The van der Waals surface area contributed by atoms with E-state index in [1.807, 2.05) is 49.2 Å². The molecule has 0 spiro atoms. The molecule has 0 unspecified atom stereocenters. The van der Waals surface area contributed by atoms with Gasteiger partial charge >= 0.3 is 7.60 Å². The van der Waals surface area contributed by atoms with Gasteiger partial charge in [0.1, 0.15) is 6.29 Å². The fourth-order valence-electron chi connectivity index (χ4n) is 2.08. The van der Waals surface area contributed by atoms with Crippen LogP contribution in [0.25, 0.3) is 0 Å². The van der Waals surface area contributed by atoms with Crippen LogP contribution in [0.15, 0.2) is 30.3 Å². The number of rotatable bonds is 9. The number of aliphatic hydroxyl groups excluding tert-OH is 1. The highest BCUT2D eigenvalue weighted by molar-refractivity contribution is 7.53. The zero-order chi connectivity index (χ0) is 15.9. The highest BCUT2D eigenvalue weighted by Gasteiger charge is 2.30. The molecule has 6 heteroatoms. The second-order valence-corrected chi connectivity index (χ2v) is 6.96. The van der Waals surface area contributed by atoms with E-state index < -0.39 is 13.7 Å². The third kappa shape index (κ3) is 5.53. The minimum atomic E-state index is -3.15. The standard InChI is InChI=1S/C15H26NO4P/c1-5-19-21(18,20-6-2)12-16(4)13(3)15(17)14-10-8-7-9-11-14/h7-11,13,15,17H,5-6,12H2,1-4H3/t13-,15-/m0/s1. The first-order valence-electron chi connectivity index (χ1n) is 7.25. The molecule has 1 N–H and O–H groups in total. The van der Waals surface area contributed by atoms with Gasteiger partial charge in [-0.25, -0.2) is 0 Å². The van der Waals surface area contributed by atoms with Crippen LogP contribution in [0.4, 0.5) is 0 Å². The molecule has 2 atom stereocenters. The summed E-state index contributed by atoms with van der Waals surface area (Å²) in [4.78, 5) is 1.81. The highest BCUT2D eigenvalue weighted by Crippen LogP contribution is 2.48. The number of hydrogen-bond donors (Lipinski definition) is 1. The molecule has 0 fully saturated rings. The molecule has 0 aliphatic carbocycles. The summed E-state index contributed by atoms with van der Waals surface area (Å²) in [5, 5.41) is 10.4. The van der Waals surface area contributed by atoms with Crippen LogP contribution in [-0.2, 0) is 13.6 Å². The Bertz CT molecular complexity index is 444. The number of aliphatic hydroxyl groups is 1. The van der Waals surface area contributed by atoms with E-state index in [-0.39, 0.29) is 12.3 Å². The first kappa shape index (κ1) is 18.3. The van der Waals surface area contributed by atoms with E-state index in [1.165, 1.54) is 0 Å². The number of benzene rings is 1. The van der Waals surface area contributed by atoms with Crippen molar-refractivity contribution in [3.05, 3.63) is 35.9 Å². The second-order valence-electron chi connectivity index (χ2n) is 4.94. The quantitative estimate of drug-likeness (QED) is 0.709. The Labute approximate surface area is 127 Å². The lowest BCUT2D eigenvalue weighted by Gasteiger charge is -2.31. The van der Waals surface area contributed by atoms with Crippen molar-refractivity contribution < 1.29 is 18.7 Å². The monoisotopic (exact) mass is 315 g/mol. The summed E-state index contributed by atoms with van der Waals surface area (Å²) in [6.45, 7) is 6.13. The molecule has 21 heavy (non-hydrogen) atoms. The molecular formula is C15H26NO4P. The molecule has 1 aromatic carbocycles. The Kier molecular flexibility index (Phi) is 7.57. The first-order chi connectivity index (χ1) is 9.93. The fourth-order valence-corrected chi connectivity index (χ4v) is 3.91. The van der Waals surface area contributed by atoms with E-state index in [9.17, 15) is 9.67 Å². The van der Waals surface area contributed by atoms with Gasteiger partial charge in [0.15, 0.2) is 0 Å². The third-order valence-corrected chi connectivity index (χ3v) is 5.44. The molecule has 0 heterocycles. The van der Waals surface area contributed by atoms with Gasteiger partial charge in [0.25, 0.3) is 0 Å². The highest BCUT2D eigenvalue weighted by atomic mass is 31.2. The molecular weight excluding hydrogens is 289 g/mol. The largest absolute Gasteiger partial charge is 0.387 e. The summed E-state index contributed by atoms with van der Waals surface area (Å²) >= 11 is 0.